The van der Waals surface area contributed by atoms with Crippen molar-refractivity contribution >= 4 is 40.3 Å². The molecule has 0 aliphatic heterocycles. The minimum absolute atomic E-state index is 0.00247. The van der Waals surface area contributed by atoms with E-state index >= 15 is 0 Å². The molecule has 2 aromatic rings. The van der Waals surface area contributed by atoms with Gasteiger partial charge in [-0.3, -0.25) is 4.79 Å². The first-order valence-corrected chi connectivity index (χ1v) is 6.36. The van der Waals surface area contributed by atoms with Crippen LogP contribution in [0.5, 0.6) is 0 Å². The Morgan fingerprint density at radius 3 is 2.81 bits per heavy atom. The van der Waals surface area contributed by atoms with Gasteiger partial charge in [-0.15, -0.1) is 22.9 Å². The third-order valence-electron chi connectivity index (χ3n) is 2.27. The fraction of sp³-hybridized carbons (Fsp3) is 0.182. The van der Waals surface area contributed by atoms with Crippen LogP contribution in [-0.4, -0.2) is 16.2 Å². The number of halogens is 2. The number of aromatic nitrogens is 1. The van der Waals surface area contributed by atoms with Gasteiger partial charge in [0.05, 0.1) is 15.9 Å². The third kappa shape index (κ3) is 2.17. The zero-order chi connectivity index (χ0) is 11.7. The van der Waals surface area contributed by atoms with E-state index in [1.807, 2.05) is 31.4 Å². The molecular weight excluding hydrogens is 265 g/mol. The van der Waals surface area contributed by atoms with Crippen LogP contribution in [0.3, 0.4) is 0 Å². The highest BCUT2D eigenvalue weighted by Gasteiger charge is 2.12. The Bertz CT molecular complexity index is 530. The molecule has 0 aliphatic carbocycles. The molecule has 2 nitrogen and oxygen atoms in total. The predicted molar refractivity (Wildman–Crippen MR) is 68.8 cm³/mol. The van der Waals surface area contributed by atoms with Crippen LogP contribution in [0.15, 0.2) is 24.4 Å². The van der Waals surface area contributed by atoms with E-state index in [0.29, 0.717) is 5.69 Å². The molecule has 2 heterocycles. The first kappa shape index (κ1) is 11.7. The second kappa shape index (κ2) is 4.62. The van der Waals surface area contributed by atoms with Gasteiger partial charge in [-0.05, 0) is 18.2 Å². The summed E-state index contributed by atoms with van der Waals surface area (Å²) in [6.07, 6.45) is 1.90. The zero-order valence-electron chi connectivity index (χ0n) is 8.54. The van der Waals surface area contributed by atoms with Crippen molar-refractivity contribution in [2.75, 3.05) is 5.88 Å². The number of nitrogens with zero attached hydrogens (tertiary/aromatic N) is 1. The third-order valence-corrected chi connectivity index (χ3v) is 3.79. The summed E-state index contributed by atoms with van der Waals surface area (Å²) >= 11 is 12.9. The van der Waals surface area contributed by atoms with Gasteiger partial charge >= 0.3 is 0 Å². The van der Waals surface area contributed by atoms with Crippen molar-refractivity contribution in [1.29, 1.82) is 0 Å². The topological polar surface area (TPSA) is 22.0 Å². The predicted octanol–water partition coefficient (Wildman–Crippen LogP) is 3.83. The molecule has 0 saturated heterocycles. The fourth-order valence-electron chi connectivity index (χ4n) is 1.51. The van der Waals surface area contributed by atoms with Gasteiger partial charge in [-0.1, -0.05) is 11.6 Å². The molecule has 0 spiro atoms. The van der Waals surface area contributed by atoms with E-state index in [1.54, 1.807) is 4.57 Å². The summed E-state index contributed by atoms with van der Waals surface area (Å²) in [7, 11) is 1.83. The number of thiophene rings is 1. The molecule has 0 unspecified atom stereocenters. The monoisotopic (exact) mass is 273 g/mol. The maximum atomic E-state index is 11.5. The maximum Gasteiger partial charge on any atom is 0.193 e. The summed E-state index contributed by atoms with van der Waals surface area (Å²) in [6, 6.07) is 5.63. The molecule has 0 saturated carbocycles. The molecule has 0 fully saturated rings. The number of alkyl halides is 1. The van der Waals surface area contributed by atoms with Crippen LogP contribution in [0.1, 0.15) is 10.5 Å². The summed E-state index contributed by atoms with van der Waals surface area (Å²) in [6.45, 7) is 0. The number of aryl methyl sites for hydroxylation is 1. The van der Waals surface area contributed by atoms with E-state index in [1.165, 1.54) is 11.3 Å². The van der Waals surface area contributed by atoms with Crippen LogP contribution >= 0.6 is 34.5 Å². The molecule has 0 amide bonds. The van der Waals surface area contributed by atoms with Crippen LogP contribution in [-0.2, 0) is 7.05 Å². The molecule has 0 radical (unpaired) electrons. The number of hydrogen-bond acceptors (Lipinski definition) is 2. The molecule has 84 valence electrons. The van der Waals surface area contributed by atoms with Crippen LogP contribution in [0.2, 0.25) is 4.34 Å². The summed E-state index contributed by atoms with van der Waals surface area (Å²) < 4.78 is 2.53. The van der Waals surface area contributed by atoms with Gasteiger partial charge in [0.25, 0.3) is 0 Å². The fourth-order valence-corrected chi connectivity index (χ4v) is 2.68. The molecule has 0 bridgehead atoms. The lowest BCUT2D eigenvalue weighted by Gasteiger charge is -1.96. The highest BCUT2D eigenvalue weighted by Crippen LogP contribution is 2.32. The lowest BCUT2D eigenvalue weighted by molar-refractivity contribution is 0.101. The van der Waals surface area contributed by atoms with Gasteiger partial charge < -0.3 is 4.57 Å². The normalized spacial score (nSPS) is 10.7. The van der Waals surface area contributed by atoms with Gasteiger partial charge in [-0.2, -0.15) is 0 Å². The van der Waals surface area contributed by atoms with Gasteiger partial charge in [-0.25, -0.2) is 0 Å². The standard InChI is InChI=1S/C11H9Cl2NOS/c1-14-6-7(4-8(14)9(15)5-12)10-2-3-11(13)16-10/h2-4,6H,5H2,1H3. The van der Waals surface area contributed by atoms with Crippen molar-refractivity contribution in [3.63, 3.8) is 0 Å². The van der Waals surface area contributed by atoms with E-state index in [9.17, 15) is 4.79 Å². The molecular formula is C11H9Cl2NOS. The van der Waals surface area contributed by atoms with Crippen molar-refractivity contribution in [3.05, 3.63) is 34.4 Å². The zero-order valence-corrected chi connectivity index (χ0v) is 10.9. The van der Waals surface area contributed by atoms with E-state index in [4.69, 9.17) is 23.2 Å². The van der Waals surface area contributed by atoms with Crippen molar-refractivity contribution in [3.8, 4) is 10.4 Å². The highest BCUT2D eigenvalue weighted by molar-refractivity contribution is 7.19. The van der Waals surface area contributed by atoms with Crippen LogP contribution in [0, 0.1) is 0 Å². The molecule has 5 heteroatoms. The number of carbonyl (C=O) groups is 1. The second-order valence-electron chi connectivity index (χ2n) is 3.39. The molecule has 0 N–H and O–H groups in total. The van der Waals surface area contributed by atoms with Crippen molar-refractivity contribution in [1.82, 2.24) is 4.57 Å². The van der Waals surface area contributed by atoms with E-state index in [-0.39, 0.29) is 11.7 Å². The Morgan fingerprint density at radius 2 is 2.25 bits per heavy atom. The summed E-state index contributed by atoms with van der Waals surface area (Å²) in [5.41, 5.74) is 1.61. The van der Waals surface area contributed by atoms with Crippen LogP contribution in [0.25, 0.3) is 10.4 Å². The van der Waals surface area contributed by atoms with E-state index in [2.05, 4.69) is 0 Å². The van der Waals surface area contributed by atoms with Crippen molar-refractivity contribution in [2.24, 2.45) is 7.05 Å². The molecule has 16 heavy (non-hydrogen) atoms. The first-order chi connectivity index (χ1) is 7.61. The SMILES string of the molecule is Cn1cc(-c2ccc(Cl)s2)cc1C(=O)CCl. The summed E-state index contributed by atoms with van der Waals surface area (Å²) in [5.74, 6) is -0.0688. The van der Waals surface area contributed by atoms with Gasteiger partial charge in [0, 0.05) is 23.7 Å². The van der Waals surface area contributed by atoms with Crippen LogP contribution < -0.4 is 0 Å². The van der Waals surface area contributed by atoms with E-state index in [0.717, 1.165) is 14.8 Å². The number of ketones is 1. The Morgan fingerprint density at radius 1 is 1.50 bits per heavy atom. The Labute approximate surface area is 107 Å². The molecule has 2 aromatic heterocycles. The Kier molecular flexibility index (Phi) is 3.38. The average molecular weight is 274 g/mol. The number of carbonyl (C=O) groups excluding carboxylic acids is 1. The molecule has 0 aliphatic rings. The van der Waals surface area contributed by atoms with Gasteiger partial charge in [0.1, 0.15) is 0 Å². The second-order valence-corrected chi connectivity index (χ2v) is 5.37. The Balaban J connectivity index is 2.41. The van der Waals surface area contributed by atoms with Crippen LogP contribution in [0.4, 0.5) is 0 Å². The average Bonchev–Trinajstić information content (AvgIpc) is 2.83. The largest absolute Gasteiger partial charge is 0.347 e. The lowest BCUT2D eigenvalue weighted by Crippen LogP contribution is -2.05. The Hall–Kier alpha value is -0.770. The van der Waals surface area contributed by atoms with Gasteiger partial charge in [0.15, 0.2) is 5.78 Å². The number of Topliss-reactive ketones (excluding diaryl/α,β-unsaturated/α-hetero) is 1. The highest BCUT2D eigenvalue weighted by atomic mass is 35.5. The number of hydrogen-bond donors (Lipinski definition) is 0. The van der Waals surface area contributed by atoms with E-state index < -0.39 is 0 Å². The van der Waals surface area contributed by atoms with Gasteiger partial charge in [0.2, 0.25) is 0 Å². The van der Waals surface area contributed by atoms with Crippen molar-refractivity contribution in [2.45, 2.75) is 0 Å². The molecule has 0 aromatic carbocycles. The molecule has 2 rings (SSSR count). The minimum atomic E-state index is -0.0712. The minimum Gasteiger partial charge on any atom is -0.347 e. The smallest absolute Gasteiger partial charge is 0.193 e. The molecule has 0 atom stereocenters. The van der Waals surface area contributed by atoms with Crippen molar-refractivity contribution < 1.29 is 4.79 Å². The number of rotatable bonds is 3. The summed E-state index contributed by atoms with van der Waals surface area (Å²) in [4.78, 5) is 12.6. The quantitative estimate of drug-likeness (QED) is 0.616. The lowest BCUT2D eigenvalue weighted by atomic mass is 10.2. The summed E-state index contributed by atoms with van der Waals surface area (Å²) in [5, 5.41) is 0. The first-order valence-electron chi connectivity index (χ1n) is 4.63. The maximum absolute atomic E-state index is 11.5.